The highest BCUT2D eigenvalue weighted by Gasteiger charge is 2.26. The highest BCUT2D eigenvalue weighted by Crippen LogP contribution is 2.25. The van der Waals surface area contributed by atoms with Gasteiger partial charge in [0.2, 0.25) is 10.0 Å². The first kappa shape index (κ1) is 18.7. The average molecular weight is 354 g/mol. The summed E-state index contributed by atoms with van der Waals surface area (Å²) in [6, 6.07) is 4.83. The highest BCUT2D eigenvalue weighted by atomic mass is 32.2. The second-order valence-corrected chi connectivity index (χ2v) is 8.34. The average Bonchev–Trinajstić information content (AvgIpc) is 2.53. The molecule has 1 fully saturated rings. The molecule has 2 rings (SSSR count). The molecule has 1 amide bonds. The summed E-state index contributed by atoms with van der Waals surface area (Å²) in [6.45, 7) is 6.61. The molecule has 0 bridgehead atoms. The maximum absolute atomic E-state index is 12.7. The molecular weight excluding hydrogens is 328 g/mol. The molecular formula is C17H26N2O4S. The molecule has 1 aromatic carbocycles. The van der Waals surface area contributed by atoms with Crippen LogP contribution in [-0.2, 0) is 14.8 Å². The smallest absolute Gasteiger partial charge is 0.258 e. The van der Waals surface area contributed by atoms with Crippen LogP contribution in [0.15, 0.2) is 23.1 Å². The number of hydrogen-bond donors (Lipinski definition) is 1. The zero-order valence-corrected chi connectivity index (χ0v) is 15.4. The predicted molar refractivity (Wildman–Crippen MR) is 92.6 cm³/mol. The van der Waals surface area contributed by atoms with E-state index in [9.17, 15) is 13.2 Å². The summed E-state index contributed by atoms with van der Waals surface area (Å²) in [6.07, 6.45) is 2.89. The molecule has 134 valence electrons. The number of carbonyl (C=O) groups is 1. The number of ether oxygens (including phenoxy) is 1. The molecule has 1 aromatic rings. The van der Waals surface area contributed by atoms with Gasteiger partial charge in [0.15, 0.2) is 6.61 Å². The Morgan fingerprint density at radius 2 is 1.92 bits per heavy atom. The Kier molecular flexibility index (Phi) is 6.23. The molecule has 1 aliphatic heterocycles. The van der Waals surface area contributed by atoms with Crippen LogP contribution in [0.4, 0.5) is 0 Å². The van der Waals surface area contributed by atoms with Gasteiger partial charge in [-0.25, -0.2) is 8.42 Å². The Balaban J connectivity index is 2.07. The van der Waals surface area contributed by atoms with Gasteiger partial charge in [-0.3, -0.25) is 4.79 Å². The largest absolute Gasteiger partial charge is 0.484 e. The van der Waals surface area contributed by atoms with E-state index in [4.69, 9.17) is 4.74 Å². The van der Waals surface area contributed by atoms with E-state index in [1.54, 1.807) is 29.4 Å². The third kappa shape index (κ3) is 4.70. The predicted octanol–water partition coefficient (Wildman–Crippen LogP) is 2.07. The molecule has 24 heavy (non-hydrogen) atoms. The fourth-order valence-electron chi connectivity index (χ4n) is 2.71. The van der Waals surface area contributed by atoms with Crippen LogP contribution in [0.3, 0.4) is 0 Å². The number of hydrogen-bond acceptors (Lipinski definition) is 4. The summed E-state index contributed by atoms with van der Waals surface area (Å²) in [5, 5.41) is 2.74. The van der Waals surface area contributed by atoms with Crippen molar-refractivity contribution in [2.75, 3.05) is 19.7 Å². The monoisotopic (exact) mass is 354 g/mol. The lowest BCUT2D eigenvalue weighted by molar-refractivity contribution is -0.123. The fourth-order valence-corrected chi connectivity index (χ4v) is 4.31. The lowest BCUT2D eigenvalue weighted by Crippen LogP contribution is -2.35. The fraction of sp³-hybridized carbons (Fsp3) is 0.588. The Morgan fingerprint density at radius 3 is 2.50 bits per heavy atom. The minimum absolute atomic E-state index is 0.0549. The SMILES string of the molecule is Cc1cc(S(=O)(=O)N2CCCCC2)ccc1OCC(=O)NC(C)C. The van der Waals surface area contributed by atoms with Crippen LogP contribution in [-0.4, -0.2) is 44.4 Å². The minimum atomic E-state index is -3.45. The lowest BCUT2D eigenvalue weighted by Gasteiger charge is -2.26. The van der Waals surface area contributed by atoms with E-state index in [0.717, 1.165) is 19.3 Å². The molecule has 1 aliphatic rings. The first-order chi connectivity index (χ1) is 11.3. The summed E-state index contributed by atoms with van der Waals surface area (Å²) in [5.74, 6) is 0.320. The van der Waals surface area contributed by atoms with Gasteiger partial charge in [-0.1, -0.05) is 6.42 Å². The standard InChI is InChI=1S/C17H26N2O4S/c1-13(2)18-17(20)12-23-16-8-7-15(11-14(16)3)24(21,22)19-9-5-4-6-10-19/h7-8,11,13H,4-6,9-10,12H2,1-3H3,(H,18,20). The Bertz CT molecular complexity index is 680. The van der Waals surface area contributed by atoms with E-state index in [1.165, 1.54) is 0 Å². The van der Waals surface area contributed by atoms with E-state index >= 15 is 0 Å². The van der Waals surface area contributed by atoms with Crippen molar-refractivity contribution in [3.05, 3.63) is 23.8 Å². The topological polar surface area (TPSA) is 75.7 Å². The van der Waals surface area contributed by atoms with Crippen LogP contribution >= 0.6 is 0 Å². The quantitative estimate of drug-likeness (QED) is 0.848. The van der Waals surface area contributed by atoms with Crippen molar-refractivity contribution in [1.82, 2.24) is 9.62 Å². The summed E-state index contributed by atoms with van der Waals surface area (Å²) in [5.41, 5.74) is 0.699. The lowest BCUT2D eigenvalue weighted by atomic mass is 10.2. The maximum atomic E-state index is 12.7. The normalized spacial score (nSPS) is 16.2. The molecule has 0 saturated carbocycles. The van der Waals surface area contributed by atoms with Gasteiger partial charge in [0, 0.05) is 19.1 Å². The van der Waals surface area contributed by atoms with Gasteiger partial charge in [0.1, 0.15) is 5.75 Å². The summed E-state index contributed by atoms with van der Waals surface area (Å²) in [4.78, 5) is 11.9. The van der Waals surface area contributed by atoms with Crippen molar-refractivity contribution in [2.45, 2.75) is 51.0 Å². The van der Waals surface area contributed by atoms with Gasteiger partial charge in [0.05, 0.1) is 4.90 Å². The van der Waals surface area contributed by atoms with Crippen molar-refractivity contribution in [3.63, 3.8) is 0 Å². The second-order valence-electron chi connectivity index (χ2n) is 6.40. The molecule has 0 radical (unpaired) electrons. The summed E-state index contributed by atoms with van der Waals surface area (Å²) < 4.78 is 32.4. The number of nitrogens with one attached hydrogen (secondary N) is 1. The maximum Gasteiger partial charge on any atom is 0.258 e. The van der Waals surface area contributed by atoms with Crippen LogP contribution in [0, 0.1) is 6.92 Å². The van der Waals surface area contributed by atoms with Crippen molar-refractivity contribution in [2.24, 2.45) is 0 Å². The second kappa shape index (κ2) is 7.98. The molecule has 0 atom stereocenters. The van der Waals surface area contributed by atoms with Crippen molar-refractivity contribution in [1.29, 1.82) is 0 Å². The molecule has 7 heteroatoms. The molecule has 0 aromatic heterocycles. The third-order valence-electron chi connectivity index (χ3n) is 3.91. The van der Waals surface area contributed by atoms with Gasteiger partial charge in [-0.05, 0) is 57.4 Å². The number of piperidine rings is 1. The highest BCUT2D eigenvalue weighted by molar-refractivity contribution is 7.89. The Hall–Kier alpha value is -1.60. The zero-order valence-electron chi connectivity index (χ0n) is 14.5. The van der Waals surface area contributed by atoms with Crippen LogP contribution in [0.1, 0.15) is 38.7 Å². The number of aryl methyl sites for hydroxylation is 1. The number of nitrogens with zero attached hydrogens (tertiary/aromatic N) is 1. The van der Waals surface area contributed by atoms with Crippen LogP contribution in [0.5, 0.6) is 5.75 Å². The van der Waals surface area contributed by atoms with E-state index in [0.29, 0.717) is 24.4 Å². The van der Waals surface area contributed by atoms with Crippen molar-refractivity contribution < 1.29 is 17.9 Å². The first-order valence-electron chi connectivity index (χ1n) is 8.33. The molecule has 0 spiro atoms. The van der Waals surface area contributed by atoms with Gasteiger partial charge in [-0.2, -0.15) is 4.31 Å². The first-order valence-corrected chi connectivity index (χ1v) is 9.77. The molecule has 6 nitrogen and oxygen atoms in total. The Labute approximate surface area is 144 Å². The molecule has 0 unspecified atom stereocenters. The number of rotatable bonds is 6. The number of benzene rings is 1. The van der Waals surface area contributed by atoms with E-state index in [2.05, 4.69) is 5.32 Å². The molecule has 1 saturated heterocycles. The van der Waals surface area contributed by atoms with Crippen LogP contribution in [0.25, 0.3) is 0 Å². The van der Waals surface area contributed by atoms with E-state index in [1.807, 2.05) is 13.8 Å². The van der Waals surface area contributed by atoms with Crippen molar-refractivity contribution in [3.8, 4) is 5.75 Å². The number of carbonyl (C=O) groups excluding carboxylic acids is 1. The van der Waals surface area contributed by atoms with Gasteiger partial charge >= 0.3 is 0 Å². The molecule has 1 heterocycles. The summed E-state index contributed by atoms with van der Waals surface area (Å²) in [7, 11) is -3.45. The van der Waals surface area contributed by atoms with Crippen LogP contribution < -0.4 is 10.1 Å². The van der Waals surface area contributed by atoms with E-state index in [-0.39, 0.29) is 23.5 Å². The van der Waals surface area contributed by atoms with Crippen molar-refractivity contribution >= 4 is 15.9 Å². The Morgan fingerprint density at radius 1 is 1.25 bits per heavy atom. The van der Waals surface area contributed by atoms with Gasteiger partial charge < -0.3 is 10.1 Å². The zero-order chi connectivity index (χ0) is 17.7. The number of amides is 1. The van der Waals surface area contributed by atoms with E-state index < -0.39 is 10.0 Å². The van der Waals surface area contributed by atoms with Crippen LogP contribution in [0.2, 0.25) is 0 Å². The molecule has 0 aliphatic carbocycles. The molecule has 1 N–H and O–H groups in total. The summed E-state index contributed by atoms with van der Waals surface area (Å²) >= 11 is 0. The number of sulfonamides is 1. The van der Waals surface area contributed by atoms with Gasteiger partial charge in [0.25, 0.3) is 5.91 Å². The van der Waals surface area contributed by atoms with Gasteiger partial charge in [-0.15, -0.1) is 0 Å². The third-order valence-corrected chi connectivity index (χ3v) is 5.80. The minimum Gasteiger partial charge on any atom is -0.484 e.